The Kier molecular flexibility index (Phi) is 5.97. The summed E-state index contributed by atoms with van der Waals surface area (Å²) in [5, 5.41) is 15.3. The van der Waals surface area contributed by atoms with Gasteiger partial charge in [0.15, 0.2) is 0 Å². The molecule has 3 N–H and O–H groups in total. The van der Waals surface area contributed by atoms with E-state index in [0.29, 0.717) is 50.9 Å². The summed E-state index contributed by atoms with van der Waals surface area (Å²) in [6.45, 7) is 4.55. The molecule has 32 heavy (non-hydrogen) atoms. The van der Waals surface area contributed by atoms with Crippen molar-refractivity contribution < 1.29 is 19.1 Å². The molecule has 3 saturated heterocycles. The Morgan fingerprint density at radius 1 is 1.22 bits per heavy atom. The van der Waals surface area contributed by atoms with Crippen molar-refractivity contribution in [3.63, 3.8) is 0 Å². The van der Waals surface area contributed by atoms with Crippen LogP contribution in [0.5, 0.6) is 0 Å². The standard InChI is InChI=1S/C23H38FN5O3/c1-3-14-8-15(24)9-18-16(14)10-19(26-18)22(32)28-6-7-29-20(12-28)17(11-25-29)21(31)27(2)23(13-30)4-5-23/h14-20,25-26,30H,3-13H2,1-2H3. The molecule has 0 aromatic carbocycles. The minimum Gasteiger partial charge on any atom is -0.394 e. The molecule has 3 heterocycles. The smallest absolute Gasteiger partial charge is 0.239 e. The number of fused-ring (bicyclic) bond motifs is 2. The number of aliphatic hydroxyl groups is 1. The number of nitrogens with zero attached hydrogens (tertiary/aromatic N) is 3. The first-order valence-corrected chi connectivity index (χ1v) is 12.4. The summed E-state index contributed by atoms with van der Waals surface area (Å²) in [6, 6.07) is -0.200. The zero-order valence-electron chi connectivity index (χ0n) is 19.3. The Hall–Kier alpha value is -1.29. The Bertz CT molecular complexity index is 749. The highest BCUT2D eigenvalue weighted by atomic mass is 19.1. The zero-order chi connectivity index (χ0) is 22.6. The lowest BCUT2D eigenvalue weighted by atomic mass is 9.74. The number of halogens is 1. The van der Waals surface area contributed by atoms with E-state index in [0.717, 1.165) is 25.7 Å². The summed E-state index contributed by atoms with van der Waals surface area (Å²) >= 11 is 0. The number of carbonyl (C=O) groups is 2. The third kappa shape index (κ3) is 3.75. The molecule has 5 rings (SSSR count). The fourth-order valence-electron chi connectivity index (χ4n) is 6.77. The Morgan fingerprint density at radius 2 is 2.00 bits per heavy atom. The van der Waals surface area contributed by atoms with Crippen molar-refractivity contribution in [2.45, 2.75) is 75.3 Å². The molecule has 2 aliphatic carbocycles. The molecule has 8 nitrogen and oxygen atoms in total. The predicted octanol–water partition coefficient (Wildman–Crippen LogP) is 0.122. The average molecular weight is 452 g/mol. The fourth-order valence-corrected chi connectivity index (χ4v) is 6.77. The lowest BCUT2D eigenvalue weighted by Crippen LogP contribution is -2.60. The van der Waals surface area contributed by atoms with Gasteiger partial charge in [-0.3, -0.25) is 15.0 Å². The van der Waals surface area contributed by atoms with E-state index < -0.39 is 6.17 Å². The van der Waals surface area contributed by atoms with Gasteiger partial charge in [-0.2, -0.15) is 0 Å². The number of hydrogen-bond donors (Lipinski definition) is 3. The molecule has 5 fully saturated rings. The first kappa shape index (κ1) is 22.5. The van der Waals surface area contributed by atoms with Crippen LogP contribution in [0.25, 0.3) is 0 Å². The number of amides is 2. The summed E-state index contributed by atoms with van der Waals surface area (Å²) in [7, 11) is 1.80. The number of hydrogen-bond acceptors (Lipinski definition) is 6. The largest absolute Gasteiger partial charge is 0.394 e. The van der Waals surface area contributed by atoms with Gasteiger partial charge in [0.2, 0.25) is 11.8 Å². The third-order valence-electron chi connectivity index (χ3n) is 9.13. The average Bonchev–Trinajstić information content (AvgIpc) is 3.30. The van der Waals surface area contributed by atoms with Gasteiger partial charge in [-0.25, -0.2) is 9.40 Å². The minimum atomic E-state index is -0.770. The Balaban J connectivity index is 1.23. The Morgan fingerprint density at radius 3 is 2.69 bits per heavy atom. The molecule has 0 aromatic heterocycles. The van der Waals surface area contributed by atoms with E-state index in [1.807, 2.05) is 4.90 Å². The van der Waals surface area contributed by atoms with Crippen LogP contribution in [0.2, 0.25) is 0 Å². The van der Waals surface area contributed by atoms with E-state index in [4.69, 9.17) is 0 Å². The van der Waals surface area contributed by atoms with Crippen LogP contribution >= 0.6 is 0 Å². The van der Waals surface area contributed by atoms with Gasteiger partial charge in [-0.1, -0.05) is 13.3 Å². The van der Waals surface area contributed by atoms with E-state index in [1.54, 1.807) is 11.9 Å². The van der Waals surface area contributed by atoms with Crippen molar-refractivity contribution in [1.82, 2.24) is 25.6 Å². The number of alkyl halides is 1. The second-order valence-corrected chi connectivity index (χ2v) is 10.8. The molecule has 3 aliphatic heterocycles. The first-order valence-electron chi connectivity index (χ1n) is 12.4. The summed E-state index contributed by atoms with van der Waals surface area (Å²) in [5.41, 5.74) is 2.96. The lowest BCUT2D eigenvalue weighted by Gasteiger charge is -2.40. The van der Waals surface area contributed by atoms with Crippen LogP contribution in [0.3, 0.4) is 0 Å². The maximum Gasteiger partial charge on any atom is 0.239 e. The molecule has 0 spiro atoms. The molecule has 2 amide bonds. The number of likely N-dealkylation sites (N-methyl/N-ethyl adjacent to an activating group) is 1. The predicted molar refractivity (Wildman–Crippen MR) is 117 cm³/mol. The van der Waals surface area contributed by atoms with Crippen molar-refractivity contribution in [3.8, 4) is 0 Å². The zero-order valence-corrected chi connectivity index (χ0v) is 19.3. The normalized spacial score (nSPS) is 40.6. The van der Waals surface area contributed by atoms with Crippen LogP contribution < -0.4 is 10.7 Å². The highest BCUT2D eigenvalue weighted by Gasteiger charge is 2.53. The van der Waals surface area contributed by atoms with Crippen LogP contribution in [0.4, 0.5) is 4.39 Å². The monoisotopic (exact) mass is 451 g/mol. The summed E-state index contributed by atoms with van der Waals surface area (Å²) in [4.78, 5) is 30.3. The highest BCUT2D eigenvalue weighted by Crippen LogP contribution is 2.42. The van der Waals surface area contributed by atoms with Crippen LogP contribution in [-0.4, -0.2) is 101 Å². The SMILES string of the molecule is CCC1CC(F)CC2NC(C(=O)N3CCN4NCC(C(=O)N(C)C5(CO)CC5)C4C3)CC12. The third-order valence-corrected chi connectivity index (χ3v) is 9.13. The van der Waals surface area contributed by atoms with Crippen molar-refractivity contribution in [2.75, 3.05) is 39.8 Å². The number of hydrazine groups is 1. The van der Waals surface area contributed by atoms with Crippen molar-refractivity contribution in [3.05, 3.63) is 0 Å². The quantitative estimate of drug-likeness (QED) is 0.551. The van der Waals surface area contributed by atoms with E-state index in [-0.39, 0.29) is 48.0 Å². The van der Waals surface area contributed by atoms with Gasteiger partial charge in [-0.05, 0) is 43.9 Å². The summed E-state index contributed by atoms with van der Waals surface area (Å²) in [5.74, 6) is 0.659. The van der Waals surface area contributed by atoms with Gasteiger partial charge in [0, 0.05) is 39.3 Å². The van der Waals surface area contributed by atoms with Gasteiger partial charge < -0.3 is 20.2 Å². The van der Waals surface area contributed by atoms with Crippen LogP contribution in [-0.2, 0) is 9.59 Å². The second-order valence-electron chi connectivity index (χ2n) is 10.8. The van der Waals surface area contributed by atoms with E-state index in [9.17, 15) is 19.1 Å². The van der Waals surface area contributed by atoms with Crippen LogP contribution in [0.1, 0.15) is 45.4 Å². The number of carbonyl (C=O) groups excluding carboxylic acids is 2. The summed E-state index contributed by atoms with van der Waals surface area (Å²) in [6.07, 6.45) is 3.82. The molecule has 7 unspecified atom stereocenters. The second kappa shape index (κ2) is 8.49. The number of nitrogens with one attached hydrogen (secondary N) is 2. The number of piperazine rings is 1. The molecule has 0 aromatic rings. The van der Waals surface area contributed by atoms with E-state index >= 15 is 0 Å². The molecule has 180 valence electrons. The van der Waals surface area contributed by atoms with E-state index in [1.165, 1.54) is 0 Å². The minimum absolute atomic E-state index is 0.00253. The van der Waals surface area contributed by atoms with Gasteiger partial charge in [-0.15, -0.1) is 0 Å². The van der Waals surface area contributed by atoms with Crippen LogP contribution in [0, 0.1) is 17.8 Å². The van der Waals surface area contributed by atoms with Gasteiger partial charge in [0.05, 0.1) is 30.1 Å². The lowest BCUT2D eigenvalue weighted by molar-refractivity contribution is -0.142. The summed E-state index contributed by atoms with van der Waals surface area (Å²) < 4.78 is 14.2. The van der Waals surface area contributed by atoms with Crippen molar-refractivity contribution in [1.29, 1.82) is 0 Å². The highest BCUT2D eigenvalue weighted by molar-refractivity contribution is 5.84. The first-order chi connectivity index (χ1) is 15.4. The molecular weight excluding hydrogens is 413 g/mol. The Labute approximate surface area is 189 Å². The number of rotatable bonds is 5. The maximum absolute atomic E-state index is 14.2. The van der Waals surface area contributed by atoms with E-state index in [2.05, 4.69) is 22.7 Å². The molecule has 0 bridgehead atoms. The number of aliphatic hydroxyl groups excluding tert-OH is 1. The van der Waals surface area contributed by atoms with Gasteiger partial charge >= 0.3 is 0 Å². The molecule has 7 atom stereocenters. The van der Waals surface area contributed by atoms with Crippen molar-refractivity contribution >= 4 is 11.8 Å². The molecule has 9 heteroatoms. The molecule has 5 aliphatic rings. The molecular formula is C23H38FN5O3. The fraction of sp³-hybridized carbons (Fsp3) is 0.913. The van der Waals surface area contributed by atoms with Gasteiger partial charge in [0.25, 0.3) is 0 Å². The van der Waals surface area contributed by atoms with Crippen LogP contribution in [0.15, 0.2) is 0 Å². The van der Waals surface area contributed by atoms with Gasteiger partial charge in [0.1, 0.15) is 6.17 Å². The van der Waals surface area contributed by atoms with Crippen molar-refractivity contribution in [2.24, 2.45) is 17.8 Å². The topological polar surface area (TPSA) is 88.2 Å². The molecule has 2 saturated carbocycles. The maximum atomic E-state index is 14.2. The molecule has 0 radical (unpaired) electrons.